The van der Waals surface area contributed by atoms with Crippen LogP contribution in [0.4, 0.5) is 5.69 Å². The average Bonchev–Trinajstić information content (AvgIpc) is 2.72. The molecular formula is C13H17ClN2S. The van der Waals surface area contributed by atoms with Gasteiger partial charge in [-0.1, -0.05) is 43.3 Å². The summed E-state index contributed by atoms with van der Waals surface area (Å²) in [5, 5.41) is 5.63. The number of halogens is 1. The van der Waals surface area contributed by atoms with Crippen LogP contribution in [0.5, 0.6) is 0 Å². The van der Waals surface area contributed by atoms with Crippen molar-refractivity contribution in [3.05, 3.63) is 28.8 Å². The zero-order valence-corrected chi connectivity index (χ0v) is 11.9. The molecular weight excluding hydrogens is 252 g/mol. The highest BCUT2D eigenvalue weighted by Gasteiger charge is 2.22. The van der Waals surface area contributed by atoms with Crippen LogP contribution in [0.2, 0.25) is 5.02 Å². The second-order valence-corrected chi connectivity index (χ2v) is 6.29. The number of hydrogen-bond donors (Lipinski definition) is 1. The third-order valence-corrected chi connectivity index (χ3v) is 4.57. The maximum absolute atomic E-state index is 6.15. The van der Waals surface area contributed by atoms with E-state index in [4.69, 9.17) is 11.6 Å². The molecule has 2 nitrogen and oxygen atoms in total. The lowest BCUT2D eigenvalue weighted by atomic mass is 10.1. The summed E-state index contributed by atoms with van der Waals surface area (Å²) in [5.41, 5.74) is 2.14. The number of rotatable bonds is 2. The van der Waals surface area contributed by atoms with E-state index in [0.717, 1.165) is 22.4 Å². The van der Waals surface area contributed by atoms with Crippen LogP contribution in [0.15, 0.2) is 23.2 Å². The molecule has 0 fully saturated rings. The number of anilines is 1. The molecule has 1 heterocycles. The van der Waals surface area contributed by atoms with Crippen molar-refractivity contribution in [1.82, 2.24) is 0 Å². The van der Waals surface area contributed by atoms with Gasteiger partial charge in [-0.3, -0.25) is 4.99 Å². The summed E-state index contributed by atoms with van der Waals surface area (Å²) < 4.78 is 0. The van der Waals surface area contributed by atoms with E-state index in [2.05, 4.69) is 31.1 Å². The molecule has 0 aliphatic carbocycles. The fraction of sp³-hybridized carbons (Fsp3) is 0.462. The number of aryl methyl sites for hydroxylation is 1. The fourth-order valence-electron chi connectivity index (χ4n) is 1.66. The number of nitrogens with zero attached hydrogens (tertiary/aromatic N) is 1. The van der Waals surface area contributed by atoms with E-state index in [1.165, 1.54) is 5.56 Å². The van der Waals surface area contributed by atoms with Gasteiger partial charge in [0.05, 0.1) is 17.3 Å². The predicted octanol–water partition coefficient (Wildman–Crippen LogP) is 4.19. The van der Waals surface area contributed by atoms with E-state index < -0.39 is 0 Å². The van der Waals surface area contributed by atoms with E-state index in [0.29, 0.717) is 11.2 Å². The number of nitrogens with one attached hydrogen (secondary N) is 1. The summed E-state index contributed by atoms with van der Waals surface area (Å²) in [6, 6.07) is 5.97. The molecule has 1 unspecified atom stereocenters. The number of benzene rings is 1. The quantitative estimate of drug-likeness (QED) is 0.870. The summed E-state index contributed by atoms with van der Waals surface area (Å²) in [5.74, 6) is 0.649. The van der Waals surface area contributed by atoms with Crippen LogP contribution in [0.3, 0.4) is 0 Å². The summed E-state index contributed by atoms with van der Waals surface area (Å²) >= 11 is 7.96. The lowest BCUT2D eigenvalue weighted by molar-refractivity contribution is 0.621. The second kappa shape index (κ2) is 5.32. The Morgan fingerprint density at radius 3 is 2.88 bits per heavy atom. The average molecular weight is 269 g/mol. The second-order valence-electron chi connectivity index (χ2n) is 4.65. The maximum atomic E-state index is 6.15. The highest BCUT2D eigenvalue weighted by Crippen LogP contribution is 2.30. The third kappa shape index (κ3) is 3.17. The molecule has 0 amide bonds. The van der Waals surface area contributed by atoms with Gasteiger partial charge in [0.25, 0.3) is 0 Å². The lowest BCUT2D eigenvalue weighted by Gasteiger charge is -2.13. The molecule has 1 aromatic rings. The Morgan fingerprint density at radius 1 is 1.47 bits per heavy atom. The predicted molar refractivity (Wildman–Crippen MR) is 78.3 cm³/mol. The van der Waals surface area contributed by atoms with Gasteiger partial charge in [-0.25, -0.2) is 0 Å². The fourth-order valence-corrected chi connectivity index (χ4v) is 2.85. The molecule has 4 heteroatoms. The molecule has 1 N–H and O–H groups in total. The van der Waals surface area contributed by atoms with Crippen molar-refractivity contribution >= 4 is 34.2 Å². The van der Waals surface area contributed by atoms with Crippen molar-refractivity contribution in [2.75, 3.05) is 11.9 Å². The number of hydrogen-bond acceptors (Lipinski definition) is 3. The van der Waals surface area contributed by atoms with Crippen molar-refractivity contribution in [3.8, 4) is 0 Å². The molecule has 2 rings (SSSR count). The smallest absolute Gasteiger partial charge is 0.161 e. The Hall–Kier alpha value is -0.670. The van der Waals surface area contributed by atoms with Crippen LogP contribution >= 0.6 is 23.4 Å². The molecule has 0 radical (unpaired) electrons. The molecule has 1 atom stereocenters. The van der Waals surface area contributed by atoms with Gasteiger partial charge in [0, 0.05) is 5.25 Å². The molecule has 17 heavy (non-hydrogen) atoms. The van der Waals surface area contributed by atoms with Crippen molar-refractivity contribution < 1.29 is 0 Å². The minimum absolute atomic E-state index is 0.584. The van der Waals surface area contributed by atoms with Crippen LogP contribution in [-0.2, 0) is 0 Å². The number of amidine groups is 1. The van der Waals surface area contributed by atoms with Crippen LogP contribution in [0.1, 0.15) is 19.4 Å². The van der Waals surface area contributed by atoms with E-state index in [1.54, 1.807) is 0 Å². The highest BCUT2D eigenvalue weighted by atomic mass is 35.5. The van der Waals surface area contributed by atoms with Crippen molar-refractivity contribution in [1.29, 1.82) is 0 Å². The number of aliphatic imine (C=N–C) groups is 1. The first-order valence-electron chi connectivity index (χ1n) is 5.80. The maximum Gasteiger partial charge on any atom is 0.161 e. The zero-order valence-electron chi connectivity index (χ0n) is 10.3. The Morgan fingerprint density at radius 2 is 2.24 bits per heavy atom. The summed E-state index contributed by atoms with van der Waals surface area (Å²) in [6.45, 7) is 7.42. The van der Waals surface area contributed by atoms with Gasteiger partial charge in [0.1, 0.15) is 0 Å². The molecule has 92 valence electrons. The Balaban J connectivity index is 2.05. The summed E-state index contributed by atoms with van der Waals surface area (Å²) in [4.78, 5) is 4.51. The van der Waals surface area contributed by atoms with Gasteiger partial charge < -0.3 is 5.32 Å². The van der Waals surface area contributed by atoms with Crippen molar-refractivity contribution in [3.63, 3.8) is 0 Å². The zero-order chi connectivity index (χ0) is 12.4. The Kier molecular flexibility index (Phi) is 4.00. The SMILES string of the molecule is Cc1ccc(Cl)c(NC2=NCC(C(C)C)S2)c1. The van der Waals surface area contributed by atoms with Gasteiger partial charge in [-0.2, -0.15) is 0 Å². The van der Waals surface area contributed by atoms with Crippen LogP contribution in [0, 0.1) is 12.8 Å². The Bertz CT molecular complexity index is 443. The van der Waals surface area contributed by atoms with E-state index in [-0.39, 0.29) is 0 Å². The minimum atomic E-state index is 0.584. The molecule has 0 saturated carbocycles. The largest absolute Gasteiger partial charge is 0.334 e. The summed E-state index contributed by atoms with van der Waals surface area (Å²) in [7, 11) is 0. The van der Waals surface area contributed by atoms with Crippen LogP contribution in [-0.4, -0.2) is 17.0 Å². The van der Waals surface area contributed by atoms with Gasteiger partial charge in [-0.15, -0.1) is 0 Å². The minimum Gasteiger partial charge on any atom is -0.334 e. The first-order chi connectivity index (χ1) is 8.06. The topological polar surface area (TPSA) is 24.4 Å². The molecule has 1 aliphatic heterocycles. The highest BCUT2D eigenvalue weighted by molar-refractivity contribution is 8.15. The molecule has 0 bridgehead atoms. The van der Waals surface area contributed by atoms with Gasteiger partial charge in [-0.05, 0) is 30.5 Å². The van der Waals surface area contributed by atoms with Crippen LogP contribution < -0.4 is 5.32 Å². The van der Waals surface area contributed by atoms with E-state index in [9.17, 15) is 0 Å². The normalized spacial score (nSPS) is 19.6. The first kappa shape index (κ1) is 12.8. The number of thioether (sulfide) groups is 1. The van der Waals surface area contributed by atoms with E-state index in [1.807, 2.05) is 30.0 Å². The molecule has 1 aromatic carbocycles. The van der Waals surface area contributed by atoms with Crippen LogP contribution in [0.25, 0.3) is 0 Å². The molecule has 0 aromatic heterocycles. The molecule has 0 spiro atoms. The lowest BCUT2D eigenvalue weighted by Crippen LogP contribution is -2.13. The monoisotopic (exact) mass is 268 g/mol. The van der Waals surface area contributed by atoms with Gasteiger partial charge in [0.2, 0.25) is 0 Å². The first-order valence-corrected chi connectivity index (χ1v) is 7.06. The standard InChI is InChI=1S/C13H17ClN2S/c1-8(2)12-7-15-13(17-12)16-11-6-9(3)4-5-10(11)14/h4-6,8,12H,7H2,1-3H3,(H,15,16). The van der Waals surface area contributed by atoms with Crippen molar-refractivity contribution in [2.24, 2.45) is 10.9 Å². The Labute approximate surface area is 112 Å². The van der Waals surface area contributed by atoms with Gasteiger partial charge >= 0.3 is 0 Å². The molecule has 1 aliphatic rings. The van der Waals surface area contributed by atoms with Crippen molar-refractivity contribution in [2.45, 2.75) is 26.0 Å². The summed E-state index contributed by atoms with van der Waals surface area (Å²) in [6.07, 6.45) is 0. The van der Waals surface area contributed by atoms with E-state index >= 15 is 0 Å². The van der Waals surface area contributed by atoms with Gasteiger partial charge in [0.15, 0.2) is 5.17 Å². The molecule has 0 saturated heterocycles. The third-order valence-electron chi connectivity index (χ3n) is 2.78.